The zero-order valence-electron chi connectivity index (χ0n) is 6.16. The minimum atomic E-state index is 0.978. The Morgan fingerprint density at radius 1 is 1.30 bits per heavy atom. The van der Waals surface area contributed by atoms with Gasteiger partial charge in [-0.1, -0.05) is 12.1 Å². The van der Waals surface area contributed by atoms with E-state index in [1.165, 1.54) is 16.7 Å². The molecule has 10 heavy (non-hydrogen) atoms. The van der Waals surface area contributed by atoms with E-state index < -0.39 is 0 Å². The second-order valence-electron chi connectivity index (χ2n) is 1.90. The van der Waals surface area contributed by atoms with Crippen LogP contribution >= 0.6 is 0 Å². The van der Waals surface area contributed by atoms with Gasteiger partial charge in [-0.05, 0) is 12.1 Å². The second-order valence-corrected chi connectivity index (χ2v) is 2.82. The number of benzene rings is 1. The van der Waals surface area contributed by atoms with Crippen molar-refractivity contribution in [1.82, 2.24) is 0 Å². The molecule has 0 aliphatic carbocycles. The first kappa shape index (κ1) is 7.48. The van der Waals surface area contributed by atoms with E-state index in [9.17, 15) is 0 Å². The molecule has 0 N–H and O–H groups in total. The van der Waals surface area contributed by atoms with Gasteiger partial charge in [-0.25, -0.2) is 0 Å². The molecule has 0 aliphatic heterocycles. The summed E-state index contributed by atoms with van der Waals surface area (Å²) in [5.41, 5.74) is 0. The van der Waals surface area contributed by atoms with Crippen LogP contribution in [0.2, 0.25) is 0 Å². The molecule has 2 heteroatoms. The van der Waals surface area contributed by atoms with Gasteiger partial charge in [-0.3, -0.25) is 0 Å². The molecule has 0 aromatic heterocycles. The van der Waals surface area contributed by atoms with Gasteiger partial charge in [0.1, 0.15) is 6.26 Å². The van der Waals surface area contributed by atoms with E-state index in [0.29, 0.717) is 0 Å². The van der Waals surface area contributed by atoms with E-state index in [1.807, 2.05) is 18.2 Å². The van der Waals surface area contributed by atoms with Crippen LogP contribution in [-0.2, 0) is 11.8 Å². The fourth-order valence-electron chi connectivity index (χ4n) is 0.815. The highest BCUT2D eigenvalue weighted by Crippen LogP contribution is 2.17. The molecule has 0 atom stereocenters. The first-order valence-corrected chi connectivity index (χ1v) is 4.45. The van der Waals surface area contributed by atoms with E-state index in [4.69, 9.17) is 4.74 Å². The highest BCUT2D eigenvalue weighted by molar-refractivity contribution is 7.77. The summed E-state index contributed by atoms with van der Waals surface area (Å²) in [5, 5.41) is 0. The summed E-state index contributed by atoms with van der Waals surface area (Å²) in [5.74, 6) is 0.978. The predicted octanol–water partition coefficient (Wildman–Crippen LogP) is 1.50. The van der Waals surface area contributed by atoms with Crippen LogP contribution in [0.4, 0.5) is 0 Å². The average Bonchev–Trinajstić information content (AvgIpc) is 2.04. The van der Waals surface area contributed by atoms with Gasteiger partial charge in [0, 0.05) is 11.8 Å². The molecule has 0 saturated carbocycles. The molecule has 0 aliphatic rings. The maximum atomic E-state index is 5.13. The van der Waals surface area contributed by atoms with Crippen LogP contribution < -0.4 is 4.74 Å². The van der Waals surface area contributed by atoms with Crippen molar-refractivity contribution >= 4 is 11.8 Å². The quantitative estimate of drug-likeness (QED) is 0.464. The number of thiol groups is 1. The van der Waals surface area contributed by atoms with Crippen molar-refractivity contribution in [3.63, 3.8) is 0 Å². The van der Waals surface area contributed by atoms with Crippen molar-refractivity contribution in [3.05, 3.63) is 24.3 Å². The van der Waals surface area contributed by atoms with Crippen LogP contribution in [0, 0.1) is 0 Å². The Morgan fingerprint density at radius 3 is 2.50 bits per heavy atom. The lowest BCUT2D eigenvalue weighted by Crippen LogP contribution is -1.87. The molecule has 0 saturated heterocycles. The van der Waals surface area contributed by atoms with E-state index in [0.717, 1.165) is 5.75 Å². The summed E-state index contributed by atoms with van der Waals surface area (Å²) >= 11 is 1.25. The molecular weight excluding hydrogens is 144 g/mol. The zero-order valence-corrected chi connectivity index (χ0v) is 7.06. The molecule has 0 spiro atoms. The van der Waals surface area contributed by atoms with Gasteiger partial charge in [-0.15, -0.1) is 0 Å². The van der Waals surface area contributed by atoms with Gasteiger partial charge >= 0.3 is 0 Å². The number of rotatable bonds is 2. The summed E-state index contributed by atoms with van der Waals surface area (Å²) in [6, 6.07) is 8.05. The van der Waals surface area contributed by atoms with Gasteiger partial charge < -0.3 is 4.74 Å². The maximum absolute atomic E-state index is 5.13. The van der Waals surface area contributed by atoms with Crippen molar-refractivity contribution in [2.24, 2.45) is 0 Å². The summed E-state index contributed by atoms with van der Waals surface area (Å²) in [4.78, 5) is 1.24. The highest BCUT2D eigenvalue weighted by atomic mass is 32.2. The number of methoxy groups -OCH3 is 1. The number of hydrogen-bond donors (Lipinski definition) is 0. The van der Waals surface area contributed by atoms with Crippen LogP contribution in [0.5, 0.6) is 5.75 Å². The molecule has 0 fully saturated rings. The molecule has 0 amide bonds. The molecule has 0 bridgehead atoms. The summed E-state index contributed by atoms with van der Waals surface area (Å²) in [7, 11) is 1.70. The lowest BCUT2D eigenvalue weighted by atomic mass is 10.3. The van der Waals surface area contributed by atoms with E-state index in [2.05, 4.69) is 12.3 Å². The van der Waals surface area contributed by atoms with Crippen LogP contribution in [0.25, 0.3) is 0 Å². The summed E-state index contributed by atoms with van der Waals surface area (Å²) in [6.45, 7) is 0. The van der Waals surface area contributed by atoms with Crippen molar-refractivity contribution in [2.75, 3.05) is 13.4 Å². The second kappa shape index (κ2) is 3.52. The van der Waals surface area contributed by atoms with Gasteiger partial charge in [0.25, 0.3) is 0 Å². The Hall–Kier alpha value is -0.630. The Balaban J connectivity index is 2.96. The van der Waals surface area contributed by atoms with Crippen LogP contribution in [0.1, 0.15) is 0 Å². The third kappa shape index (κ3) is 1.45. The largest absolute Gasteiger partial charge is 0.492 e. The Labute approximate surface area is 65.4 Å². The van der Waals surface area contributed by atoms with Crippen molar-refractivity contribution in [3.8, 4) is 5.75 Å². The molecule has 1 aromatic carbocycles. The van der Waals surface area contributed by atoms with Gasteiger partial charge in [-0.2, -0.15) is 0 Å². The van der Waals surface area contributed by atoms with E-state index in [1.54, 1.807) is 7.11 Å². The van der Waals surface area contributed by atoms with Gasteiger partial charge in [0.2, 0.25) is 0 Å². The highest BCUT2D eigenvalue weighted by Gasteiger charge is 2.03. The SMILES string of the molecule is COc1ccccc1[SH+]C. The molecule has 0 unspecified atom stereocenters. The third-order valence-electron chi connectivity index (χ3n) is 1.33. The first-order valence-electron chi connectivity index (χ1n) is 3.11. The average molecular weight is 155 g/mol. The first-order chi connectivity index (χ1) is 4.88. The molecule has 54 valence electrons. The van der Waals surface area contributed by atoms with Crippen LogP contribution in [0.15, 0.2) is 29.2 Å². The minimum absolute atomic E-state index is 0.978. The van der Waals surface area contributed by atoms with Gasteiger partial charge in [0.05, 0.1) is 7.11 Å². The number of para-hydroxylation sites is 1. The van der Waals surface area contributed by atoms with Crippen molar-refractivity contribution < 1.29 is 4.74 Å². The van der Waals surface area contributed by atoms with Crippen molar-refractivity contribution in [2.45, 2.75) is 4.90 Å². The Bertz CT molecular complexity index is 187. The number of ether oxygens (including phenoxy) is 1. The molecule has 0 heterocycles. The van der Waals surface area contributed by atoms with E-state index in [-0.39, 0.29) is 0 Å². The smallest absolute Gasteiger partial charge is 0.194 e. The molecular formula is C8H11OS+. The third-order valence-corrected chi connectivity index (χ3v) is 2.18. The Morgan fingerprint density at radius 2 is 2.00 bits per heavy atom. The minimum Gasteiger partial charge on any atom is -0.492 e. The summed E-state index contributed by atoms with van der Waals surface area (Å²) in [6.07, 6.45) is 2.10. The van der Waals surface area contributed by atoms with Crippen LogP contribution in [0.3, 0.4) is 0 Å². The fourth-order valence-corrected chi connectivity index (χ4v) is 1.44. The fraction of sp³-hybridized carbons (Fsp3) is 0.250. The van der Waals surface area contributed by atoms with Crippen molar-refractivity contribution in [1.29, 1.82) is 0 Å². The monoisotopic (exact) mass is 155 g/mol. The number of hydrogen-bond acceptors (Lipinski definition) is 1. The maximum Gasteiger partial charge on any atom is 0.194 e. The normalized spacial score (nSPS) is 9.40. The molecule has 1 aromatic rings. The zero-order chi connectivity index (χ0) is 7.40. The van der Waals surface area contributed by atoms with E-state index >= 15 is 0 Å². The molecule has 1 rings (SSSR count). The Kier molecular flexibility index (Phi) is 2.63. The van der Waals surface area contributed by atoms with Gasteiger partial charge in [0.15, 0.2) is 10.6 Å². The lowest BCUT2D eigenvalue weighted by molar-refractivity contribution is 0.405. The summed E-state index contributed by atoms with van der Waals surface area (Å²) < 4.78 is 5.13. The molecule has 0 radical (unpaired) electrons. The standard InChI is InChI=1S/C8H10OS/c1-9-7-5-3-4-6-8(7)10-2/h3-6H,1-2H3/p+1. The molecule has 1 nitrogen and oxygen atoms in total. The lowest BCUT2D eigenvalue weighted by Gasteiger charge is -1.97. The predicted molar refractivity (Wildman–Crippen MR) is 45.9 cm³/mol. The van der Waals surface area contributed by atoms with Crippen LogP contribution in [-0.4, -0.2) is 13.4 Å². The topological polar surface area (TPSA) is 9.23 Å².